The third kappa shape index (κ3) is 7.19. The molecular formula is C80H64O2. The van der Waals surface area contributed by atoms with Crippen molar-refractivity contribution in [2.45, 2.75) is 88.9 Å². The first kappa shape index (κ1) is 48.9. The molecule has 0 bridgehead atoms. The molecule has 13 aromatic rings. The van der Waals surface area contributed by atoms with Gasteiger partial charge in [-0.3, -0.25) is 0 Å². The van der Waals surface area contributed by atoms with Gasteiger partial charge in [-0.15, -0.1) is 0 Å². The largest absolute Gasteiger partial charge is 0.455 e. The Hall–Kier alpha value is -8.98. The third-order valence-corrected chi connectivity index (χ3v) is 19.7. The highest BCUT2D eigenvalue weighted by atomic mass is 16.3. The highest BCUT2D eigenvalue weighted by Crippen LogP contribution is 2.63. The zero-order chi connectivity index (χ0) is 55.2. The Balaban J connectivity index is 0.826. The van der Waals surface area contributed by atoms with Crippen LogP contribution in [0, 0.1) is 0 Å². The van der Waals surface area contributed by atoms with Crippen molar-refractivity contribution in [1.82, 2.24) is 0 Å². The molecule has 11 aromatic carbocycles. The van der Waals surface area contributed by atoms with Gasteiger partial charge in [0.15, 0.2) is 0 Å². The fourth-order valence-electron chi connectivity index (χ4n) is 15.6. The predicted octanol–water partition coefficient (Wildman–Crippen LogP) is 21.0. The molecule has 82 heavy (non-hydrogen) atoms. The Morgan fingerprint density at radius 2 is 0.817 bits per heavy atom. The van der Waals surface area contributed by atoms with Crippen molar-refractivity contribution in [2.75, 3.05) is 0 Å². The molecule has 0 saturated heterocycles. The number of furan rings is 2. The van der Waals surface area contributed by atoms with Crippen LogP contribution in [0.2, 0.25) is 0 Å². The summed E-state index contributed by atoms with van der Waals surface area (Å²) in [6, 6.07) is 86.2. The molecule has 3 aliphatic carbocycles. The van der Waals surface area contributed by atoms with Crippen LogP contribution in [-0.4, -0.2) is 0 Å². The molecule has 2 unspecified atom stereocenters. The van der Waals surface area contributed by atoms with Gasteiger partial charge in [0.25, 0.3) is 0 Å². The summed E-state index contributed by atoms with van der Waals surface area (Å²) < 4.78 is 13.9. The predicted molar refractivity (Wildman–Crippen MR) is 341 cm³/mol. The number of hydrogen-bond acceptors (Lipinski definition) is 2. The van der Waals surface area contributed by atoms with Crippen molar-refractivity contribution < 1.29 is 8.83 Å². The van der Waals surface area contributed by atoms with E-state index in [0.29, 0.717) is 0 Å². The molecule has 2 nitrogen and oxygen atoms in total. The Kier molecular flexibility index (Phi) is 10.7. The van der Waals surface area contributed by atoms with Crippen LogP contribution in [0.5, 0.6) is 0 Å². The zero-order valence-electron chi connectivity index (χ0n) is 47.5. The van der Waals surface area contributed by atoms with Crippen LogP contribution in [0.3, 0.4) is 0 Å². The molecule has 0 N–H and O–H groups in total. The first-order valence-corrected chi connectivity index (χ1v) is 29.6. The van der Waals surface area contributed by atoms with Crippen LogP contribution < -0.4 is 0 Å². The second kappa shape index (κ2) is 18.0. The molecular weight excluding hydrogens is 993 g/mol. The number of para-hydroxylation sites is 2. The van der Waals surface area contributed by atoms with Gasteiger partial charge in [0.2, 0.25) is 0 Å². The fraction of sp³-hybridized carbons (Fsp3) is 0.175. The standard InChI is InChI=1S/C80H64O2/c1-78(2)64-45-49(34-40-57(64)69-66(78)47-62(53-26-14-9-15-27-53)76-71(69)59-29-17-20-32-67(59)81-76)42-55(51-36-38-54(39-37-51)61(52-24-12-8-13-25-52)44-48-22-10-7-11-23-48)43-50-35-41-58-65(46-50)80(5,6)75-73(58)77-72(60-30-18-21-33-68(60)82-77)70-56-28-16-19-31-63(56)79(3,4)74(70)75/h7-41,45-47,55,61H,42-44H2,1-6H3. The van der Waals surface area contributed by atoms with Gasteiger partial charge in [0.1, 0.15) is 22.3 Å². The number of benzene rings is 11. The van der Waals surface area contributed by atoms with Crippen LogP contribution in [-0.2, 0) is 35.5 Å². The summed E-state index contributed by atoms with van der Waals surface area (Å²) in [7, 11) is 0. The van der Waals surface area contributed by atoms with Gasteiger partial charge >= 0.3 is 0 Å². The molecule has 0 fully saturated rings. The topological polar surface area (TPSA) is 26.3 Å². The lowest BCUT2D eigenvalue weighted by atomic mass is 9.72. The second-order valence-corrected chi connectivity index (χ2v) is 25.4. The van der Waals surface area contributed by atoms with Gasteiger partial charge in [0, 0.05) is 54.8 Å². The van der Waals surface area contributed by atoms with Gasteiger partial charge < -0.3 is 8.83 Å². The third-order valence-electron chi connectivity index (χ3n) is 19.7. The molecule has 396 valence electrons. The van der Waals surface area contributed by atoms with E-state index in [1.54, 1.807) is 0 Å². The molecule has 16 rings (SSSR count). The normalized spacial score (nSPS) is 15.5. The average molecular weight is 1060 g/mol. The Labute approximate surface area is 480 Å². The molecule has 0 amide bonds. The van der Waals surface area contributed by atoms with Crippen LogP contribution in [0.1, 0.15) is 120 Å². The molecule has 3 aliphatic rings. The quantitative estimate of drug-likeness (QED) is 0.136. The van der Waals surface area contributed by atoms with Crippen LogP contribution >= 0.6 is 0 Å². The highest BCUT2D eigenvalue weighted by Gasteiger charge is 2.49. The lowest BCUT2D eigenvalue weighted by molar-refractivity contribution is 0.599. The van der Waals surface area contributed by atoms with E-state index in [-0.39, 0.29) is 28.1 Å². The van der Waals surface area contributed by atoms with E-state index in [4.69, 9.17) is 8.83 Å². The van der Waals surface area contributed by atoms with Crippen LogP contribution in [0.25, 0.3) is 88.4 Å². The molecule has 0 spiro atoms. The summed E-state index contributed by atoms with van der Waals surface area (Å²) in [4.78, 5) is 0. The van der Waals surface area contributed by atoms with Crippen LogP contribution in [0.4, 0.5) is 0 Å². The molecule has 2 aromatic heterocycles. The maximum atomic E-state index is 7.08. The van der Waals surface area contributed by atoms with Crippen molar-refractivity contribution in [3.05, 3.63) is 297 Å². The van der Waals surface area contributed by atoms with E-state index in [1.807, 2.05) is 0 Å². The van der Waals surface area contributed by atoms with Crippen LogP contribution in [0.15, 0.2) is 239 Å². The van der Waals surface area contributed by atoms with E-state index in [2.05, 4.69) is 272 Å². The molecule has 2 atom stereocenters. The molecule has 0 saturated carbocycles. The van der Waals surface area contributed by atoms with Gasteiger partial charge in [-0.05, 0) is 144 Å². The first-order valence-electron chi connectivity index (χ1n) is 29.6. The first-order chi connectivity index (χ1) is 39.9. The number of rotatable bonds is 10. The minimum Gasteiger partial charge on any atom is -0.455 e. The van der Waals surface area contributed by atoms with Gasteiger partial charge in [0.05, 0.1) is 0 Å². The number of fused-ring (bicyclic) bond motifs is 19. The Morgan fingerprint density at radius 3 is 1.49 bits per heavy atom. The summed E-state index contributed by atoms with van der Waals surface area (Å²) in [5.41, 5.74) is 29.8. The van der Waals surface area contributed by atoms with Crippen molar-refractivity contribution in [1.29, 1.82) is 0 Å². The molecule has 0 aliphatic heterocycles. The molecule has 0 radical (unpaired) electrons. The zero-order valence-corrected chi connectivity index (χ0v) is 47.5. The second-order valence-electron chi connectivity index (χ2n) is 25.4. The van der Waals surface area contributed by atoms with Gasteiger partial charge in [-0.25, -0.2) is 0 Å². The van der Waals surface area contributed by atoms with Crippen molar-refractivity contribution in [2.24, 2.45) is 0 Å². The summed E-state index contributed by atoms with van der Waals surface area (Å²) in [6.45, 7) is 14.7. The van der Waals surface area contributed by atoms with E-state index in [1.165, 1.54) is 127 Å². The maximum absolute atomic E-state index is 7.08. The minimum absolute atomic E-state index is 0.196. The lowest BCUT2D eigenvalue weighted by Crippen LogP contribution is -2.24. The van der Waals surface area contributed by atoms with Crippen molar-refractivity contribution >= 4 is 43.9 Å². The Morgan fingerprint density at radius 1 is 0.329 bits per heavy atom. The van der Waals surface area contributed by atoms with E-state index >= 15 is 0 Å². The van der Waals surface area contributed by atoms with Crippen molar-refractivity contribution in [3.63, 3.8) is 0 Å². The summed E-state index contributed by atoms with van der Waals surface area (Å²) in [5, 5.41) is 4.82. The molecule has 2 heterocycles. The molecule has 2 heteroatoms. The van der Waals surface area contributed by atoms with Crippen molar-refractivity contribution in [3.8, 4) is 44.5 Å². The summed E-state index contributed by atoms with van der Waals surface area (Å²) in [6.07, 6.45) is 2.72. The van der Waals surface area contributed by atoms with Gasteiger partial charge in [-0.2, -0.15) is 0 Å². The fourth-order valence-corrected chi connectivity index (χ4v) is 15.6. The van der Waals surface area contributed by atoms with E-state index in [9.17, 15) is 0 Å². The SMILES string of the molecule is CC1(C)c2cc(CC(Cc3ccc4c(c3)C(C)(C)c3c5c(c6c(oc7ccccc76)c3-4)-c3ccccc3C5(C)C)c3ccc(C(Cc4ccccc4)c4ccccc4)cc3)ccc2-c2c1cc(-c1ccccc1)c1oc3ccccc3c21. The maximum Gasteiger partial charge on any atom is 0.144 e. The summed E-state index contributed by atoms with van der Waals surface area (Å²) >= 11 is 0. The minimum atomic E-state index is -0.285. The van der Waals surface area contributed by atoms with E-state index < -0.39 is 0 Å². The highest BCUT2D eigenvalue weighted by molar-refractivity contribution is 6.21. The van der Waals surface area contributed by atoms with Gasteiger partial charge in [-0.1, -0.05) is 254 Å². The average Bonchev–Trinajstić information content (AvgIpc) is 2.17. The smallest absolute Gasteiger partial charge is 0.144 e. The lowest BCUT2D eigenvalue weighted by Gasteiger charge is -2.31. The Bertz CT molecular complexity index is 4720. The van der Waals surface area contributed by atoms with E-state index in [0.717, 1.165) is 47.2 Å². The number of hydrogen-bond donors (Lipinski definition) is 0. The monoisotopic (exact) mass is 1060 g/mol. The summed E-state index contributed by atoms with van der Waals surface area (Å²) in [5.74, 6) is 0.429.